The van der Waals surface area contributed by atoms with E-state index in [1.165, 1.54) is 6.92 Å². The SMILES string of the molecule is CCC(C)COC(C)(C(F)(F)F)C(F)(F)F. The highest BCUT2D eigenvalue weighted by molar-refractivity contribution is 4.91. The van der Waals surface area contributed by atoms with E-state index >= 15 is 0 Å². The van der Waals surface area contributed by atoms with Crippen molar-refractivity contribution in [1.82, 2.24) is 0 Å². The van der Waals surface area contributed by atoms with Crippen LogP contribution in [-0.2, 0) is 4.74 Å². The van der Waals surface area contributed by atoms with Gasteiger partial charge in [-0.05, 0) is 12.8 Å². The molecule has 0 saturated heterocycles. The topological polar surface area (TPSA) is 9.23 Å². The molecule has 0 heterocycles. The third kappa shape index (κ3) is 3.26. The minimum absolute atomic E-state index is 0.00931. The Hall–Kier alpha value is -0.460. The fourth-order valence-electron chi connectivity index (χ4n) is 0.751. The van der Waals surface area contributed by atoms with Crippen molar-refractivity contribution in [1.29, 1.82) is 0 Å². The van der Waals surface area contributed by atoms with Crippen molar-refractivity contribution in [2.24, 2.45) is 5.92 Å². The Kier molecular flexibility index (Phi) is 4.67. The highest BCUT2D eigenvalue weighted by Crippen LogP contribution is 2.45. The Morgan fingerprint density at radius 2 is 1.38 bits per heavy atom. The molecule has 0 aromatic heterocycles. The van der Waals surface area contributed by atoms with Gasteiger partial charge in [0, 0.05) is 0 Å². The minimum atomic E-state index is -5.47. The molecular formula is C9H14F6O. The number of rotatable bonds is 4. The van der Waals surface area contributed by atoms with Crippen molar-refractivity contribution >= 4 is 0 Å². The number of alkyl halides is 6. The lowest BCUT2D eigenvalue weighted by Gasteiger charge is -2.34. The van der Waals surface area contributed by atoms with Crippen LogP contribution in [0, 0.1) is 5.92 Å². The quantitative estimate of drug-likeness (QED) is 0.689. The van der Waals surface area contributed by atoms with Crippen LogP contribution >= 0.6 is 0 Å². The van der Waals surface area contributed by atoms with Gasteiger partial charge in [-0.25, -0.2) is 0 Å². The summed E-state index contributed by atoms with van der Waals surface area (Å²) < 4.78 is 77.9. The molecule has 0 spiro atoms. The van der Waals surface area contributed by atoms with Crippen LogP contribution in [0.4, 0.5) is 26.3 Å². The molecule has 1 unspecified atom stereocenters. The first-order chi connectivity index (χ1) is 6.95. The van der Waals surface area contributed by atoms with Crippen molar-refractivity contribution < 1.29 is 31.1 Å². The summed E-state index contributed by atoms with van der Waals surface area (Å²) in [5, 5.41) is 0. The molecule has 98 valence electrons. The first-order valence-electron chi connectivity index (χ1n) is 4.73. The second kappa shape index (κ2) is 4.81. The number of hydrogen-bond acceptors (Lipinski definition) is 1. The summed E-state index contributed by atoms with van der Waals surface area (Å²) in [6, 6.07) is 0. The van der Waals surface area contributed by atoms with Gasteiger partial charge in [-0.2, -0.15) is 26.3 Å². The van der Waals surface area contributed by atoms with Crippen molar-refractivity contribution in [2.45, 2.75) is 45.1 Å². The molecule has 0 saturated carbocycles. The van der Waals surface area contributed by atoms with Crippen LogP contribution in [-0.4, -0.2) is 24.6 Å². The highest BCUT2D eigenvalue weighted by Gasteiger charge is 2.69. The van der Waals surface area contributed by atoms with Crippen LogP contribution in [0.1, 0.15) is 27.2 Å². The molecule has 0 rings (SSSR count). The zero-order chi connectivity index (χ0) is 13.2. The molecule has 1 atom stereocenters. The minimum Gasteiger partial charge on any atom is -0.358 e. The van der Waals surface area contributed by atoms with Crippen LogP contribution in [0.3, 0.4) is 0 Å². The van der Waals surface area contributed by atoms with E-state index in [9.17, 15) is 26.3 Å². The predicted octanol–water partition coefficient (Wildman–Crippen LogP) is 3.93. The molecule has 0 aromatic carbocycles. The molecule has 0 N–H and O–H groups in total. The van der Waals surface area contributed by atoms with Crippen molar-refractivity contribution in [2.75, 3.05) is 6.61 Å². The zero-order valence-electron chi connectivity index (χ0n) is 9.17. The van der Waals surface area contributed by atoms with Gasteiger partial charge in [-0.3, -0.25) is 0 Å². The van der Waals surface area contributed by atoms with Gasteiger partial charge in [0.1, 0.15) is 0 Å². The van der Waals surface area contributed by atoms with Gasteiger partial charge < -0.3 is 4.74 Å². The maximum absolute atomic E-state index is 12.3. The van der Waals surface area contributed by atoms with Crippen molar-refractivity contribution in [3.8, 4) is 0 Å². The highest BCUT2D eigenvalue weighted by atomic mass is 19.4. The third-order valence-corrected chi connectivity index (χ3v) is 2.44. The Morgan fingerprint density at radius 1 is 1.00 bits per heavy atom. The molecule has 0 fully saturated rings. The van der Waals surface area contributed by atoms with E-state index < -0.39 is 24.6 Å². The smallest absolute Gasteiger partial charge is 0.358 e. The largest absolute Gasteiger partial charge is 0.426 e. The van der Waals surface area contributed by atoms with Gasteiger partial charge in [-0.1, -0.05) is 20.3 Å². The van der Waals surface area contributed by atoms with Gasteiger partial charge in [-0.15, -0.1) is 0 Å². The molecular weight excluding hydrogens is 238 g/mol. The summed E-state index contributed by atoms with van der Waals surface area (Å²) in [6.07, 6.45) is -10.5. The summed E-state index contributed by atoms with van der Waals surface area (Å²) in [4.78, 5) is 0. The molecule has 0 aliphatic heterocycles. The van der Waals surface area contributed by atoms with E-state index in [0.29, 0.717) is 6.42 Å². The maximum Gasteiger partial charge on any atom is 0.426 e. The maximum atomic E-state index is 12.3. The molecule has 16 heavy (non-hydrogen) atoms. The predicted molar refractivity (Wildman–Crippen MR) is 45.9 cm³/mol. The molecule has 0 bridgehead atoms. The van der Waals surface area contributed by atoms with Gasteiger partial charge in [0.2, 0.25) is 0 Å². The first-order valence-corrected chi connectivity index (χ1v) is 4.73. The van der Waals surface area contributed by atoms with Gasteiger partial charge in [0.25, 0.3) is 5.60 Å². The Labute approximate surface area is 89.8 Å². The first kappa shape index (κ1) is 15.5. The number of ether oxygens (including phenoxy) is 1. The van der Waals surface area contributed by atoms with Crippen LogP contribution < -0.4 is 0 Å². The van der Waals surface area contributed by atoms with E-state index in [2.05, 4.69) is 4.74 Å². The normalized spacial score (nSPS) is 16.3. The average Bonchev–Trinajstić information content (AvgIpc) is 2.09. The fourth-order valence-corrected chi connectivity index (χ4v) is 0.751. The Bertz CT molecular complexity index is 205. The van der Waals surface area contributed by atoms with Crippen LogP contribution in [0.15, 0.2) is 0 Å². The van der Waals surface area contributed by atoms with Crippen LogP contribution in [0.5, 0.6) is 0 Å². The lowest BCUT2D eigenvalue weighted by atomic mass is 10.0. The van der Waals surface area contributed by atoms with E-state index in [0.717, 1.165) is 0 Å². The standard InChI is InChI=1S/C9H14F6O/c1-4-6(2)5-16-7(3,8(10,11)12)9(13,14)15/h6H,4-5H2,1-3H3. The van der Waals surface area contributed by atoms with Gasteiger partial charge in [0.05, 0.1) is 6.61 Å². The molecule has 0 amide bonds. The molecule has 0 aromatic rings. The fraction of sp³-hybridized carbons (Fsp3) is 1.00. The van der Waals surface area contributed by atoms with Gasteiger partial charge >= 0.3 is 12.4 Å². The lowest BCUT2D eigenvalue weighted by Crippen LogP contribution is -2.56. The lowest BCUT2D eigenvalue weighted by molar-refractivity contribution is -0.375. The average molecular weight is 252 g/mol. The summed E-state index contributed by atoms with van der Waals surface area (Å²) in [7, 11) is 0. The summed E-state index contributed by atoms with van der Waals surface area (Å²) >= 11 is 0. The zero-order valence-corrected chi connectivity index (χ0v) is 9.17. The second-order valence-electron chi connectivity index (χ2n) is 3.85. The third-order valence-electron chi connectivity index (χ3n) is 2.44. The Morgan fingerprint density at radius 3 is 1.62 bits per heavy atom. The molecule has 0 aliphatic carbocycles. The summed E-state index contributed by atoms with van der Waals surface area (Å²) in [5.41, 5.74) is -4.09. The van der Waals surface area contributed by atoms with Crippen molar-refractivity contribution in [3.05, 3.63) is 0 Å². The summed E-state index contributed by atoms with van der Waals surface area (Å²) in [5.74, 6) is -0.357. The molecule has 0 radical (unpaired) electrons. The molecule has 1 nitrogen and oxygen atoms in total. The Balaban J connectivity index is 4.85. The van der Waals surface area contributed by atoms with E-state index in [-0.39, 0.29) is 12.8 Å². The monoisotopic (exact) mass is 252 g/mol. The summed E-state index contributed by atoms with van der Waals surface area (Å²) in [6.45, 7) is 2.61. The van der Waals surface area contributed by atoms with Crippen LogP contribution in [0.2, 0.25) is 0 Å². The van der Waals surface area contributed by atoms with Gasteiger partial charge in [0.15, 0.2) is 0 Å². The molecule has 0 aliphatic rings. The number of halogens is 6. The van der Waals surface area contributed by atoms with E-state index in [1.807, 2.05) is 0 Å². The van der Waals surface area contributed by atoms with Crippen LogP contribution in [0.25, 0.3) is 0 Å². The van der Waals surface area contributed by atoms with E-state index in [4.69, 9.17) is 0 Å². The molecule has 7 heteroatoms. The van der Waals surface area contributed by atoms with E-state index in [1.54, 1.807) is 6.92 Å². The second-order valence-corrected chi connectivity index (χ2v) is 3.85. The number of hydrogen-bond donors (Lipinski definition) is 0. The van der Waals surface area contributed by atoms with Crippen molar-refractivity contribution in [3.63, 3.8) is 0 Å².